The van der Waals surface area contributed by atoms with Crippen LogP contribution in [0.25, 0.3) is 0 Å². The fraction of sp³-hybridized carbons (Fsp3) is 0.227. The van der Waals surface area contributed by atoms with E-state index in [4.69, 9.17) is 19.7 Å². The fourth-order valence-corrected chi connectivity index (χ4v) is 2.63. The Hall–Kier alpha value is -3.65. The first kappa shape index (κ1) is 22.6. The van der Waals surface area contributed by atoms with Gasteiger partial charge in [0, 0.05) is 17.6 Å². The molecule has 8 heteroatoms. The second kappa shape index (κ2) is 11.4. The molecular formula is C22H23NO7. The van der Waals surface area contributed by atoms with Crippen molar-refractivity contribution in [2.75, 3.05) is 13.2 Å². The third kappa shape index (κ3) is 7.06. The van der Waals surface area contributed by atoms with Crippen molar-refractivity contribution in [1.29, 1.82) is 0 Å². The van der Waals surface area contributed by atoms with Crippen molar-refractivity contribution in [2.45, 2.75) is 13.0 Å². The van der Waals surface area contributed by atoms with Crippen LogP contribution >= 0.6 is 0 Å². The number of carbonyl (C=O) groups is 3. The predicted octanol–water partition coefficient (Wildman–Crippen LogP) is 2.94. The summed E-state index contributed by atoms with van der Waals surface area (Å²) in [6, 6.07) is 14.8. The molecule has 0 aromatic heterocycles. The number of hydrogen-bond acceptors (Lipinski definition) is 6. The number of rotatable bonds is 9. The molecule has 8 nitrogen and oxygen atoms in total. The fourth-order valence-electron chi connectivity index (χ4n) is 2.63. The Kier molecular flexibility index (Phi) is 8.58. The number of carbonyl (C=O) groups excluding carboxylic acids is 2. The molecule has 0 aliphatic rings. The summed E-state index contributed by atoms with van der Waals surface area (Å²) in [6.45, 7) is 1.70. The molecule has 0 fully saturated rings. The van der Waals surface area contributed by atoms with Gasteiger partial charge in [-0.25, -0.2) is 9.59 Å². The van der Waals surface area contributed by atoms with Crippen molar-refractivity contribution in [3.8, 4) is 5.75 Å². The molecule has 2 aromatic rings. The molecule has 0 radical (unpaired) electrons. The lowest BCUT2D eigenvalue weighted by Gasteiger charge is -2.22. The van der Waals surface area contributed by atoms with Crippen molar-refractivity contribution in [1.82, 2.24) is 5.32 Å². The first-order chi connectivity index (χ1) is 14.4. The van der Waals surface area contributed by atoms with Crippen molar-refractivity contribution in [2.24, 2.45) is 5.92 Å². The third-order valence-corrected chi connectivity index (χ3v) is 4.07. The van der Waals surface area contributed by atoms with E-state index in [2.05, 4.69) is 5.32 Å². The zero-order valence-electron chi connectivity index (χ0n) is 16.4. The number of hydrogen-bond donors (Lipinski definition) is 3. The van der Waals surface area contributed by atoms with Crippen molar-refractivity contribution in [3.63, 3.8) is 0 Å². The molecule has 2 rings (SSSR count). The highest BCUT2D eigenvalue weighted by molar-refractivity contribution is 6.02. The third-order valence-electron chi connectivity index (χ3n) is 4.07. The van der Waals surface area contributed by atoms with Gasteiger partial charge in [0.1, 0.15) is 18.5 Å². The molecule has 2 amide bonds. The molecule has 0 aliphatic heterocycles. The zero-order valence-corrected chi connectivity index (χ0v) is 16.4. The number of amides is 2. The van der Waals surface area contributed by atoms with E-state index < -0.39 is 30.0 Å². The van der Waals surface area contributed by atoms with Crippen LogP contribution in [0.5, 0.6) is 5.75 Å². The summed E-state index contributed by atoms with van der Waals surface area (Å²) in [6.07, 6.45) is 0.559. The summed E-state index contributed by atoms with van der Waals surface area (Å²) >= 11 is 0. The van der Waals surface area contributed by atoms with Crippen molar-refractivity contribution in [3.05, 3.63) is 77.9 Å². The van der Waals surface area contributed by atoms with E-state index in [-0.39, 0.29) is 13.2 Å². The predicted molar refractivity (Wildman–Crippen MR) is 108 cm³/mol. The number of nitrogens with one attached hydrogen (secondary N) is 1. The normalized spacial score (nSPS) is 12.7. The second-order valence-electron chi connectivity index (χ2n) is 6.34. The number of aliphatic carboxylic acids is 1. The maximum absolute atomic E-state index is 12.3. The molecule has 0 heterocycles. The summed E-state index contributed by atoms with van der Waals surface area (Å²) < 4.78 is 10.8. The largest absolute Gasteiger partial charge is 0.491 e. The maximum Gasteiger partial charge on any atom is 0.414 e. The Bertz CT molecular complexity index is 878. The van der Waals surface area contributed by atoms with E-state index in [1.807, 2.05) is 0 Å². The minimum absolute atomic E-state index is 0.125. The molecule has 0 spiro atoms. The molecule has 0 aliphatic carbocycles. The van der Waals surface area contributed by atoms with Gasteiger partial charge < -0.3 is 19.7 Å². The standard InChI is InChI=1S/C22H23NO7/c1-15(7-12-19(25)26)20(16-8-10-18(11-9-16)29-14-13-24)30-22(28)23-21(27)17-5-3-2-4-6-17/h2-12,15,20,24H,13-14H2,1H3,(H,25,26)(H,23,27,28)/b12-7+/t15-,20-/m1/s1. The van der Waals surface area contributed by atoms with Gasteiger partial charge in [-0.1, -0.05) is 43.3 Å². The van der Waals surface area contributed by atoms with E-state index in [9.17, 15) is 14.4 Å². The smallest absolute Gasteiger partial charge is 0.414 e. The summed E-state index contributed by atoms with van der Waals surface area (Å²) in [5.74, 6) is -1.72. The Labute approximate surface area is 173 Å². The van der Waals surface area contributed by atoms with Crippen LogP contribution in [0, 0.1) is 5.92 Å². The SMILES string of the molecule is C[C@H](/C=C/C(=O)O)[C@@H](OC(=O)NC(=O)c1ccccc1)c1ccc(OCCO)cc1. The topological polar surface area (TPSA) is 122 Å². The van der Waals surface area contributed by atoms with Crippen molar-refractivity contribution >= 4 is 18.0 Å². The highest BCUT2D eigenvalue weighted by atomic mass is 16.6. The highest BCUT2D eigenvalue weighted by Gasteiger charge is 2.23. The van der Waals surface area contributed by atoms with Crippen LogP contribution in [-0.2, 0) is 9.53 Å². The van der Waals surface area contributed by atoms with Crippen LogP contribution in [0.4, 0.5) is 4.79 Å². The van der Waals surface area contributed by atoms with Gasteiger partial charge >= 0.3 is 12.1 Å². The Morgan fingerprint density at radius 1 is 1.07 bits per heavy atom. The van der Waals surface area contributed by atoms with Gasteiger partial charge in [0.2, 0.25) is 0 Å². The number of alkyl carbamates (subject to hydrolysis) is 1. The van der Waals surface area contributed by atoms with Gasteiger partial charge in [-0.15, -0.1) is 0 Å². The number of carboxylic acid groups (broad SMARTS) is 1. The molecule has 0 bridgehead atoms. The summed E-state index contributed by atoms with van der Waals surface area (Å²) in [4.78, 5) is 35.3. The van der Waals surface area contributed by atoms with Crippen LogP contribution in [-0.4, -0.2) is 41.4 Å². The number of benzene rings is 2. The average Bonchev–Trinajstić information content (AvgIpc) is 2.75. The molecule has 0 unspecified atom stereocenters. The molecule has 2 aromatic carbocycles. The Balaban J connectivity index is 2.15. The number of imide groups is 1. The molecule has 30 heavy (non-hydrogen) atoms. The minimum atomic E-state index is -1.13. The van der Waals surface area contributed by atoms with E-state index >= 15 is 0 Å². The van der Waals surface area contributed by atoms with E-state index in [1.54, 1.807) is 61.5 Å². The summed E-state index contributed by atoms with van der Waals surface area (Å²) in [5, 5.41) is 19.9. The van der Waals surface area contributed by atoms with Crippen LogP contribution in [0.2, 0.25) is 0 Å². The van der Waals surface area contributed by atoms with E-state index in [0.29, 0.717) is 16.9 Å². The van der Waals surface area contributed by atoms with Crippen LogP contribution in [0.3, 0.4) is 0 Å². The number of aliphatic hydroxyl groups is 1. The lowest BCUT2D eigenvalue weighted by Crippen LogP contribution is -2.33. The van der Waals surface area contributed by atoms with Gasteiger partial charge in [-0.3, -0.25) is 10.1 Å². The lowest BCUT2D eigenvalue weighted by molar-refractivity contribution is -0.131. The summed E-state index contributed by atoms with van der Waals surface area (Å²) in [7, 11) is 0. The highest BCUT2D eigenvalue weighted by Crippen LogP contribution is 2.29. The average molecular weight is 413 g/mol. The lowest BCUT2D eigenvalue weighted by atomic mass is 9.96. The minimum Gasteiger partial charge on any atom is -0.491 e. The monoisotopic (exact) mass is 413 g/mol. The van der Waals surface area contributed by atoms with Crippen LogP contribution < -0.4 is 10.1 Å². The summed E-state index contributed by atoms with van der Waals surface area (Å²) in [5.41, 5.74) is 0.881. The Morgan fingerprint density at radius 3 is 2.33 bits per heavy atom. The second-order valence-corrected chi connectivity index (χ2v) is 6.34. The Morgan fingerprint density at radius 2 is 1.73 bits per heavy atom. The molecule has 0 saturated heterocycles. The first-order valence-electron chi connectivity index (χ1n) is 9.22. The number of aliphatic hydroxyl groups excluding tert-OH is 1. The molecular weight excluding hydrogens is 390 g/mol. The van der Waals surface area contributed by atoms with E-state index in [0.717, 1.165) is 6.08 Å². The number of carboxylic acids is 1. The van der Waals surface area contributed by atoms with Gasteiger partial charge in [-0.05, 0) is 29.8 Å². The van der Waals surface area contributed by atoms with Crippen molar-refractivity contribution < 1.29 is 34.1 Å². The van der Waals surface area contributed by atoms with Crippen LogP contribution in [0.15, 0.2) is 66.7 Å². The van der Waals surface area contributed by atoms with Gasteiger partial charge in [0.05, 0.1) is 6.61 Å². The van der Waals surface area contributed by atoms with E-state index in [1.165, 1.54) is 6.08 Å². The zero-order chi connectivity index (χ0) is 21.9. The van der Waals surface area contributed by atoms with Gasteiger partial charge in [0.15, 0.2) is 0 Å². The molecule has 0 saturated carbocycles. The van der Waals surface area contributed by atoms with Crippen LogP contribution in [0.1, 0.15) is 28.9 Å². The quantitative estimate of drug-likeness (QED) is 0.540. The molecule has 3 N–H and O–H groups in total. The first-order valence-corrected chi connectivity index (χ1v) is 9.22. The number of ether oxygens (including phenoxy) is 2. The van der Waals surface area contributed by atoms with Gasteiger partial charge in [-0.2, -0.15) is 0 Å². The molecule has 2 atom stereocenters. The van der Waals surface area contributed by atoms with Gasteiger partial charge in [0.25, 0.3) is 5.91 Å². The maximum atomic E-state index is 12.3. The molecule has 158 valence electrons.